The van der Waals surface area contributed by atoms with Gasteiger partial charge in [-0.05, 0) is 36.5 Å². The number of nitrogens with two attached hydrogens (primary N) is 1. The summed E-state index contributed by atoms with van der Waals surface area (Å²) in [5.41, 5.74) is 7.29. The Bertz CT molecular complexity index is 1000. The van der Waals surface area contributed by atoms with Crippen molar-refractivity contribution in [1.29, 1.82) is 0 Å². The molecule has 9 nitrogen and oxygen atoms in total. The van der Waals surface area contributed by atoms with Gasteiger partial charge in [-0.25, -0.2) is 4.79 Å². The lowest BCUT2D eigenvalue weighted by atomic mass is 10.0. The highest BCUT2D eigenvalue weighted by atomic mass is 32.2. The van der Waals surface area contributed by atoms with Gasteiger partial charge in [-0.3, -0.25) is 14.4 Å². The number of nitrogens with one attached hydrogen (secondary N) is 3. The average Bonchev–Trinajstić information content (AvgIpc) is 2.86. The van der Waals surface area contributed by atoms with Gasteiger partial charge < -0.3 is 26.8 Å². The van der Waals surface area contributed by atoms with Crippen LogP contribution in [0.25, 0.3) is 0 Å². The lowest BCUT2D eigenvalue weighted by Gasteiger charge is -2.25. The third-order valence-electron chi connectivity index (χ3n) is 5.47. The molecule has 2 aromatic carbocycles. The van der Waals surface area contributed by atoms with Crippen molar-refractivity contribution in [3.05, 3.63) is 71.8 Å². The number of aliphatic carboxylic acids is 1. The second-order valence-electron chi connectivity index (χ2n) is 8.47. The summed E-state index contributed by atoms with van der Waals surface area (Å²) < 4.78 is 0. The van der Waals surface area contributed by atoms with E-state index >= 15 is 0 Å². The Morgan fingerprint density at radius 3 is 1.58 bits per heavy atom. The number of hydrogen-bond acceptors (Lipinski definition) is 6. The second kappa shape index (κ2) is 14.9. The molecule has 3 amide bonds. The van der Waals surface area contributed by atoms with Crippen molar-refractivity contribution in [1.82, 2.24) is 16.0 Å². The maximum atomic E-state index is 13.3. The van der Waals surface area contributed by atoms with Gasteiger partial charge in [0.15, 0.2) is 0 Å². The molecule has 0 radical (unpaired) electrons. The van der Waals surface area contributed by atoms with E-state index in [0.29, 0.717) is 5.75 Å². The summed E-state index contributed by atoms with van der Waals surface area (Å²) in [7, 11) is 0. The molecule has 10 heteroatoms. The van der Waals surface area contributed by atoms with Crippen LogP contribution >= 0.6 is 11.8 Å². The molecule has 0 aliphatic heterocycles. The van der Waals surface area contributed by atoms with Gasteiger partial charge in [0.05, 0.1) is 6.04 Å². The van der Waals surface area contributed by atoms with E-state index in [9.17, 15) is 24.3 Å². The first-order chi connectivity index (χ1) is 17.2. The van der Waals surface area contributed by atoms with Gasteiger partial charge in [-0.15, -0.1) is 0 Å². The SMILES string of the molecule is CSCCC(NC(=O)C(Cc1ccccc1)NC(=O)C(Cc1ccccc1)NC(=O)C(C)N)C(=O)O. The van der Waals surface area contributed by atoms with Gasteiger partial charge in [0.25, 0.3) is 0 Å². The molecule has 194 valence electrons. The Hall–Kier alpha value is -3.37. The second-order valence-corrected chi connectivity index (χ2v) is 9.46. The van der Waals surface area contributed by atoms with E-state index in [1.165, 1.54) is 18.7 Å². The number of thioether (sulfide) groups is 1. The largest absolute Gasteiger partial charge is 0.480 e. The molecule has 0 saturated carbocycles. The van der Waals surface area contributed by atoms with Crippen LogP contribution in [-0.4, -0.2) is 65.0 Å². The molecule has 0 bridgehead atoms. The molecule has 36 heavy (non-hydrogen) atoms. The number of carbonyl (C=O) groups is 4. The number of rotatable bonds is 14. The van der Waals surface area contributed by atoms with Crippen LogP contribution < -0.4 is 21.7 Å². The molecular formula is C26H34N4O5S. The van der Waals surface area contributed by atoms with E-state index in [2.05, 4.69) is 16.0 Å². The number of hydrogen-bond donors (Lipinski definition) is 5. The topological polar surface area (TPSA) is 151 Å². The molecule has 0 spiro atoms. The monoisotopic (exact) mass is 514 g/mol. The highest BCUT2D eigenvalue weighted by Crippen LogP contribution is 2.08. The van der Waals surface area contributed by atoms with Crippen molar-refractivity contribution < 1.29 is 24.3 Å². The summed E-state index contributed by atoms with van der Waals surface area (Å²) in [6.45, 7) is 1.51. The van der Waals surface area contributed by atoms with Crippen LogP contribution in [0.4, 0.5) is 0 Å². The molecule has 0 saturated heterocycles. The fourth-order valence-corrected chi connectivity index (χ4v) is 3.93. The smallest absolute Gasteiger partial charge is 0.326 e. The lowest BCUT2D eigenvalue weighted by Crippen LogP contribution is -2.58. The van der Waals surface area contributed by atoms with Gasteiger partial charge in [-0.2, -0.15) is 11.8 Å². The van der Waals surface area contributed by atoms with Gasteiger partial charge in [-0.1, -0.05) is 60.7 Å². The van der Waals surface area contributed by atoms with Crippen molar-refractivity contribution in [2.24, 2.45) is 5.73 Å². The molecule has 6 N–H and O–H groups in total. The highest BCUT2D eigenvalue weighted by Gasteiger charge is 2.30. The van der Waals surface area contributed by atoms with E-state index in [1.807, 2.05) is 66.9 Å². The predicted octanol–water partition coefficient (Wildman–Crippen LogP) is 1.11. The number of benzene rings is 2. The lowest BCUT2D eigenvalue weighted by molar-refractivity contribution is -0.142. The fourth-order valence-electron chi connectivity index (χ4n) is 3.46. The number of amides is 3. The maximum absolute atomic E-state index is 13.3. The van der Waals surface area contributed by atoms with Crippen LogP contribution in [0.5, 0.6) is 0 Å². The Kier molecular flexibility index (Phi) is 11.9. The zero-order valence-corrected chi connectivity index (χ0v) is 21.3. The molecule has 0 aromatic heterocycles. The minimum atomic E-state index is -1.15. The first-order valence-electron chi connectivity index (χ1n) is 11.7. The summed E-state index contributed by atoms with van der Waals surface area (Å²) in [5.74, 6) is -2.28. The molecule has 2 rings (SSSR count). The zero-order valence-electron chi connectivity index (χ0n) is 20.5. The Morgan fingerprint density at radius 1 is 0.778 bits per heavy atom. The molecular weight excluding hydrogens is 480 g/mol. The average molecular weight is 515 g/mol. The number of carboxylic acid groups (broad SMARTS) is 1. The van der Waals surface area contributed by atoms with Crippen LogP contribution in [0.1, 0.15) is 24.5 Å². The third-order valence-corrected chi connectivity index (χ3v) is 6.11. The highest BCUT2D eigenvalue weighted by molar-refractivity contribution is 7.98. The standard InChI is InChI=1S/C26H34N4O5S/c1-17(27)23(31)29-21(15-18-9-5-3-6-10-18)25(33)30-22(16-19-11-7-4-8-12-19)24(32)28-20(26(34)35)13-14-36-2/h3-12,17,20-22H,13-16,27H2,1-2H3,(H,28,32)(H,29,31)(H,30,33)(H,34,35). The zero-order chi connectivity index (χ0) is 26.5. The molecule has 4 atom stereocenters. The van der Waals surface area contributed by atoms with E-state index < -0.39 is 47.9 Å². The molecule has 2 aromatic rings. The predicted molar refractivity (Wildman–Crippen MR) is 140 cm³/mol. The summed E-state index contributed by atoms with van der Waals surface area (Å²) in [5, 5.41) is 17.5. The van der Waals surface area contributed by atoms with Gasteiger partial charge in [0, 0.05) is 12.8 Å². The van der Waals surface area contributed by atoms with Crippen LogP contribution in [0, 0.1) is 0 Å². The fraction of sp³-hybridized carbons (Fsp3) is 0.385. The Labute approximate surface area is 215 Å². The van der Waals surface area contributed by atoms with Gasteiger partial charge >= 0.3 is 5.97 Å². The summed E-state index contributed by atoms with van der Waals surface area (Å²) in [6.07, 6.45) is 2.43. The van der Waals surface area contributed by atoms with Gasteiger partial charge in [0.1, 0.15) is 18.1 Å². The number of carbonyl (C=O) groups excluding carboxylic acids is 3. The van der Waals surface area contributed by atoms with Crippen LogP contribution in [0.3, 0.4) is 0 Å². The number of carboxylic acids is 1. The normalized spacial score (nSPS) is 14.1. The first-order valence-corrected chi connectivity index (χ1v) is 13.1. The third kappa shape index (κ3) is 9.71. The molecule has 0 fully saturated rings. The quantitative estimate of drug-likeness (QED) is 0.253. The van der Waals surface area contributed by atoms with Crippen molar-refractivity contribution in [3.63, 3.8) is 0 Å². The molecule has 0 aliphatic carbocycles. The minimum Gasteiger partial charge on any atom is -0.480 e. The summed E-state index contributed by atoms with van der Waals surface area (Å²) >= 11 is 1.47. The van der Waals surface area contributed by atoms with Crippen molar-refractivity contribution in [2.45, 2.75) is 50.4 Å². The van der Waals surface area contributed by atoms with E-state index in [4.69, 9.17) is 5.73 Å². The molecule has 4 unspecified atom stereocenters. The van der Waals surface area contributed by atoms with Crippen molar-refractivity contribution in [2.75, 3.05) is 12.0 Å². The van der Waals surface area contributed by atoms with E-state index in [-0.39, 0.29) is 19.3 Å². The molecule has 0 aliphatic rings. The summed E-state index contributed by atoms with van der Waals surface area (Å²) in [4.78, 5) is 50.5. The maximum Gasteiger partial charge on any atom is 0.326 e. The van der Waals surface area contributed by atoms with Gasteiger partial charge in [0.2, 0.25) is 17.7 Å². The Morgan fingerprint density at radius 2 is 1.19 bits per heavy atom. The van der Waals surface area contributed by atoms with E-state index in [0.717, 1.165) is 11.1 Å². The van der Waals surface area contributed by atoms with Crippen LogP contribution in [0.2, 0.25) is 0 Å². The molecule has 0 heterocycles. The first kappa shape index (κ1) is 28.9. The van der Waals surface area contributed by atoms with Crippen molar-refractivity contribution >= 4 is 35.5 Å². The Balaban J connectivity index is 2.26. The van der Waals surface area contributed by atoms with Crippen molar-refractivity contribution in [3.8, 4) is 0 Å². The minimum absolute atomic E-state index is 0.145. The van der Waals surface area contributed by atoms with Crippen LogP contribution in [-0.2, 0) is 32.0 Å². The summed E-state index contributed by atoms with van der Waals surface area (Å²) in [6, 6.07) is 14.3. The van der Waals surface area contributed by atoms with E-state index in [1.54, 1.807) is 0 Å². The van der Waals surface area contributed by atoms with Crippen LogP contribution in [0.15, 0.2) is 60.7 Å².